The van der Waals surface area contributed by atoms with Gasteiger partial charge in [-0.2, -0.15) is 0 Å². The Kier molecular flexibility index (Phi) is 4.88. The predicted molar refractivity (Wildman–Crippen MR) is 91.5 cm³/mol. The number of rotatable bonds is 7. The van der Waals surface area contributed by atoms with Crippen LogP contribution in [0.25, 0.3) is 11.0 Å². The number of amides is 1. The number of aromatic nitrogens is 5. The molecule has 1 N–H and O–H groups in total. The highest BCUT2D eigenvalue weighted by atomic mass is 16.2. The van der Waals surface area contributed by atoms with Gasteiger partial charge in [-0.05, 0) is 25.5 Å². The lowest BCUT2D eigenvalue weighted by atomic mass is 10.2. The van der Waals surface area contributed by atoms with E-state index in [1.807, 2.05) is 35.8 Å². The summed E-state index contributed by atoms with van der Waals surface area (Å²) in [7, 11) is 0. The Bertz CT molecular complexity index is 808. The molecular formula is C17H22N6O. The average Bonchev–Trinajstić information content (AvgIpc) is 3.21. The van der Waals surface area contributed by atoms with Gasteiger partial charge in [0.05, 0.1) is 23.8 Å². The molecule has 0 aliphatic heterocycles. The van der Waals surface area contributed by atoms with Crippen LogP contribution >= 0.6 is 0 Å². The van der Waals surface area contributed by atoms with Crippen LogP contribution in [0.2, 0.25) is 0 Å². The van der Waals surface area contributed by atoms with Crippen molar-refractivity contribution < 1.29 is 4.79 Å². The monoisotopic (exact) mass is 326 g/mol. The van der Waals surface area contributed by atoms with Gasteiger partial charge in [0.25, 0.3) is 0 Å². The first-order valence-electron chi connectivity index (χ1n) is 8.28. The molecule has 1 unspecified atom stereocenters. The molecule has 24 heavy (non-hydrogen) atoms. The summed E-state index contributed by atoms with van der Waals surface area (Å²) < 4.78 is 3.74. The number of carbonyl (C=O) groups is 1. The van der Waals surface area contributed by atoms with Gasteiger partial charge < -0.3 is 9.88 Å². The first-order valence-corrected chi connectivity index (χ1v) is 8.28. The summed E-state index contributed by atoms with van der Waals surface area (Å²) in [6, 6.07) is 7.64. The fraction of sp³-hybridized carbons (Fsp3) is 0.412. The molecule has 2 aromatic heterocycles. The minimum atomic E-state index is -0.310. The van der Waals surface area contributed by atoms with Crippen LogP contribution in [0.15, 0.2) is 36.7 Å². The minimum Gasteiger partial charge on any atom is -0.352 e. The number of imidazole rings is 1. The quantitative estimate of drug-likeness (QED) is 0.720. The zero-order valence-corrected chi connectivity index (χ0v) is 14.0. The summed E-state index contributed by atoms with van der Waals surface area (Å²) in [4.78, 5) is 17.3. The fourth-order valence-electron chi connectivity index (χ4n) is 2.84. The molecule has 126 valence electrons. The highest BCUT2D eigenvalue weighted by molar-refractivity contribution is 5.84. The number of carbonyl (C=O) groups excluding carboxylic acids is 1. The molecule has 0 aliphatic rings. The van der Waals surface area contributed by atoms with Gasteiger partial charge in [-0.15, -0.1) is 5.10 Å². The van der Waals surface area contributed by atoms with Crippen molar-refractivity contribution in [3.8, 4) is 0 Å². The molecule has 1 amide bonds. The van der Waals surface area contributed by atoms with Crippen LogP contribution in [0.5, 0.6) is 0 Å². The Balaban J connectivity index is 1.75. The van der Waals surface area contributed by atoms with Crippen LogP contribution in [-0.4, -0.2) is 37.0 Å². The van der Waals surface area contributed by atoms with Crippen LogP contribution in [0.4, 0.5) is 0 Å². The molecule has 1 aromatic carbocycles. The highest BCUT2D eigenvalue weighted by Crippen LogP contribution is 2.22. The van der Waals surface area contributed by atoms with Gasteiger partial charge in [0.15, 0.2) is 0 Å². The van der Waals surface area contributed by atoms with Crippen molar-refractivity contribution in [1.82, 2.24) is 29.9 Å². The van der Waals surface area contributed by atoms with Crippen molar-refractivity contribution in [1.29, 1.82) is 0 Å². The fourth-order valence-corrected chi connectivity index (χ4v) is 2.84. The van der Waals surface area contributed by atoms with Crippen LogP contribution in [0.3, 0.4) is 0 Å². The summed E-state index contributed by atoms with van der Waals surface area (Å²) >= 11 is 0. The Hall–Kier alpha value is -2.70. The van der Waals surface area contributed by atoms with Gasteiger partial charge in [-0.25, -0.2) is 4.98 Å². The minimum absolute atomic E-state index is 0.0179. The normalized spacial score (nSPS) is 12.4. The molecule has 7 heteroatoms. The van der Waals surface area contributed by atoms with E-state index in [-0.39, 0.29) is 11.9 Å². The molecular weight excluding hydrogens is 304 g/mol. The molecule has 3 aromatic rings. The number of benzene rings is 1. The van der Waals surface area contributed by atoms with Gasteiger partial charge in [-0.3, -0.25) is 9.48 Å². The molecule has 0 saturated heterocycles. The average molecular weight is 326 g/mol. The number of hydrogen-bond donors (Lipinski definition) is 1. The van der Waals surface area contributed by atoms with E-state index in [0.29, 0.717) is 13.1 Å². The molecule has 0 aliphatic carbocycles. The van der Waals surface area contributed by atoms with Crippen molar-refractivity contribution in [3.63, 3.8) is 0 Å². The molecule has 0 spiro atoms. The van der Waals surface area contributed by atoms with Gasteiger partial charge in [0.1, 0.15) is 11.9 Å². The second kappa shape index (κ2) is 7.25. The number of nitrogens with one attached hydrogen (secondary N) is 1. The van der Waals surface area contributed by atoms with E-state index in [1.54, 1.807) is 17.1 Å². The third-order valence-corrected chi connectivity index (χ3v) is 4.02. The maximum absolute atomic E-state index is 12.6. The Morgan fingerprint density at radius 3 is 2.92 bits per heavy atom. The molecule has 0 radical (unpaired) electrons. The molecule has 3 rings (SSSR count). The van der Waals surface area contributed by atoms with Gasteiger partial charge >= 0.3 is 0 Å². The second-order valence-corrected chi connectivity index (χ2v) is 5.77. The first-order chi connectivity index (χ1) is 11.7. The van der Waals surface area contributed by atoms with E-state index in [1.165, 1.54) is 0 Å². The smallest absolute Gasteiger partial charge is 0.242 e. The van der Waals surface area contributed by atoms with Crippen LogP contribution in [0.1, 0.15) is 32.1 Å². The maximum atomic E-state index is 12.6. The summed E-state index contributed by atoms with van der Waals surface area (Å²) in [5.74, 6) is 0.938. The van der Waals surface area contributed by atoms with Gasteiger partial charge in [0, 0.05) is 19.2 Å². The number of aryl methyl sites for hydroxylation is 1. The largest absolute Gasteiger partial charge is 0.352 e. The molecule has 2 heterocycles. The molecule has 1 atom stereocenters. The van der Waals surface area contributed by atoms with Gasteiger partial charge in [-0.1, -0.05) is 24.3 Å². The van der Waals surface area contributed by atoms with E-state index in [9.17, 15) is 4.79 Å². The van der Waals surface area contributed by atoms with Crippen molar-refractivity contribution >= 4 is 16.9 Å². The second-order valence-electron chi connectivity index (χ2n) is 5.77. The SMILES string of the molecule is CCCc1nc2ccccc2n1C(C)C(=O)NCCn1ccnn1. The van der Waals surface area contributed by atoms with Crippen LogP contribution < -0.4 is 5.32 Å². The van der Waals surface area contributed by atoms with E-state index >= 15 is 0 Å². The summed E-state index contributed by atoms with van der Waals surface area (Å²) in [5.41, 5.74) is 1.93. The lowest BCUT2D eigenvalue weighted by Crippen LogP contribution is -2.34. The summed E-state index contributed by atoms with van der Waals surface area (Å²) in [6.45, 7) is 5.15. The number of nitrogens with zero attached hydrogens (tertiary/aromatic N) is 5. The van der Waals surface area contributed by atoms with E-state index in [4.69, 9.17) is 0 Å². The third kappa shape index (κ3) is 3.29. The van der Waals surface area contributed by atoms with Crippen molar-refractivity contribution in [2.75, 3.05) is 6.54 Å². The topological polar surface area (TPSA) is 77.6 Å². The molecule has 7 nitrogen and oxygen atoms in total. The van der Waals surface area contributed by atoms with Gasteiger partial charge in [0.2, 0.25) is 5.91 Å². The highest BCUT2D eigenvalue weighted by Gasteiger charge is 2.20. The zero-order valence-electron chi connectivity index (χ0n) is 14.0. The van der Waals surface area contributed by atoms with E-state index in [2.05, 4.69) is 27.5 Å². The summed E-state index contributed by atoms with van der Waals surface area (Å²) in [6.07, 6.45) is 5.24. The number of fused-ring (bicyclic) bond motifs is 1. The van der Waals surface area contributed by atoms with Crippen LogP contribution in [-0.2, 0) is 17.8 Å². The number of para-hydroxylation sites is 2. The predicted octanol–water partition coefficient (Wildman–Crippen LogP) is 1.96. The Morgan fingerprint density at radius 1 is 1.33 bits per heavy atom. The lowest BCUT2D eigenvalue weighted by Gasteiger charge is -2.17. The third-order valence-electron chi connectivity index (χ3n) is 4.02. The standard InChI is InChI=1S/C17H22N6O/c1-3-6-16-20-14-7-4-5-8-15(14)23(16)13(2)17(24)18-9-11-22-12-10-19-21-22/h4-5,7-8,10,12-13H,3,6,9,11H2,1-2H3,(H,18,24). The van der Waals surface area contributed by atoms with Crippen molar-refractivity contribution in [2.45, 2.75) is 39.3 Å². The molecule has 0 fully saturated rings. The van der Waals surface area contributed by atoms with Crippen LogP contribution in [0, 0.1) is 0 Å². The Morgan fingerprint density at radius 2 is 2.17 bits per heavy atom. The zero-order chi connectivity index (χ0) is 16.9. The van der Waals surface area contributed by atoms with E-state index in [0.717, 1.165) is 29.7 Å². The maximum Gasteiger partial charge on any atom is 0.242 e. The number of hydrogen-bond acceptors (Lipinski definition) is 4. The molecule has 0 bridgehead atoms. The first kappa shape index (κ1) is 16.2. The van der Waals surface area contributed by atoms with E-state index < -0.39 is 0 Å². The Labute approximate surface area is 140 Å². The summed E-state index contributed by atoms with van der Waals surface area (Å²) in [5, 5.41) is 10.6. The lowest BCUT2D eigenvalue weighted by molar-refractivity contribution is -0.123. The van der Waals surface area contributed by atoms with Crippen molar-refractivity contribution in [2.24, 2.45) is 0 Å². The van der Waals surface area contributed by atoms with Crippen molar-refractivity contribution in [3.05, 3.63) is 42.5 Å². The molecule has 0 saturated carbocycles.